The molecule has 1 unspecified atom stereocenters. The van der Waals surface area contributed by atoms with Crippen LogP contribution in [0.3, 0.4) is 0 Å². The number of aliphatic hydroxyl groups is 1. The molecule has 1 aromatic heterocycles. The van der Waals surface area contributed by atoms with E-state index in [0.717, 1.165) is 28.1 Å². The molecule has 0 aliphatic heterocycles. The van der Waals surface area contributed by atoms with Crippen LogP contribution in [-0.2, 0) is 6.42 Å². The van der Waals surface area contributed by atoms with Gasteiger partial charge in [0.1, 0.15) is 11.5 Å². The normalized spacial score (nSPS) is 12.0. The predicted octanol–water partition coefficient (Wildman–Crippen LogP) is 2.99. The molecule has 1 aromatic carbocycles. The van der Waals surface area contributed by atoms with Crippen molar-refractivity contribution < 1.29 is 14.6 Å². The van der Waals surface area contributed by atoms with E-state index in [1.165, 1.54) is 0 Å². The van der Waals surface area contributed by atoms with Gasteiger partial charge in [0.25, 0.3) is 0 Å². The minimum Gasteiger partial charge on any atom is -0.496 e. The first-order valence-corrected chi connectivity index (χ1v) is 6.88. The fraction of sp³-hybridized carbons (Fsp3) is 0.353. The number of hydrogen-bond donors (Lipinski definition) is 1. The Hall–Kier alpha value is -2.07. The summed E-state index contributed by atoms with van der Waals surface area (Å²) in [6.45, 7) is 3.92. The van der Waals surface area contributed by atoms with Crippen LogP contribution in [0, 0.1) is 13.8 Å². The number of rotatable bonds is 5. The fourth-order valence-electron chi connectivity index (χ4n) is 2.51. The second-order valence-electron chi connectivity index (χ2n) is 5.01. The molecule has 1 heterocycles. The van der Waals surface area contributed by atoms with E-state index in [1.807, 2.05) is 38.1 Å². The molecule has 0 saturated carbocycles. The SMILES string of the molecule is COc1ccccc1C(O)Cc1ncc(C)c(OC)c1C. The molecular formula is C17H21NO3. The predicted molar refractivity (Wildman–Crippen MR) is 81.9 cm³/mol. The lowest BCUT2D eigenvalue weighted by Crippen LogP contribution is -2.08. The van der Waals surface area contributed by atoms with Crippen LogP contribution in [0.4, 0.5) is 0 Å². The monoisotopic (exact) mass is 287 g/mol. The summed E-state index contributed by atoms with van der Waals surface area (Å²) in [6.07, 6.45) is 1.53. The van der Waals surface area contributed by atoms with E-state index in [0.29, 0.717) is 12.2 Å². The second-order valence-corrected chi connectivity index (χ2v) is 5.01. The molecule has 0 amide bonds. The van der Waals surface area contributed by atoms with Crippen molar-refractivity contribution in [1.29, 1.82) is 0 Å². The molecule has 0 aliphatic carbocycles. The Morgan fingerprint density at radius 1 is 1.14 bits per heavy atom. The van der Waals surface area contributed by atoms with Gasteiger partial charge >= 0.3 is 0 Å². The molecule has 4 heteroatoms. The van der Waals surface area contributed by atoms with Crippen LogP contribution in [0.15, 0.2) is 30.5 Å². The van der Waals surface area contributed by atoms with Crippen LogP contribution >= 0.6 is 0 Å². The van der Waals surface area contributed by atoms with Crippen LogP contribution < -0.4 is 9.47 Å². The molecule has 0 saturated heterocycles. The molecular weight excluding hydrogens is 266 g/mol. The Bertz CT molecular complexity index is 625. The maximum Gasteiger partial charge on any atom is 0.128 e. The summed E-state index contributed by atoms with van der Waals surface area (Å²) in [5, 5.41) is 10.5. The van der Waals surface area contributed by atoms with Crippen molar-refractivity contribution in [3.05, 3.63) is 52.8 Å². The molecule has 1 N–H and O–H groups in total. The lowest BCUT2D eigenvalue weighted by Gasteiger charge is -2.17. The lowest BCUT2D eigenvalue weighted by atomic mass is 10.0. The highest BCUT2D eigenvalue weighted by atomic mass is 16.5. The van der Waals surface area contributed by atoms with Crippen LogP contribution in [-0.4, -0.2) is 24.3 Å². The molecule has 0 fully saturated rings. The minimum atomic E-state index is -0.667. The third kappa shape index (κ3) is 3.16. The number of benzene rings is 1. The van der Waals surface area contributed by atoms with Crippen molar-refractivity contribution >= 4 is 0 Å². The molecule has 2 aromatic rings. The number of aromatic nitrogens is 1. The van der Waals surface area contributed by atoms with Crippen molar-refractivity contribution in [2.75, 3.05) is 14.2 Å². The third-order valence-corrected chi connectivity index (χ3v) is 3.63. The van der Waals surface area contributed by atoms with Crippen molar-refractivity contribution in [1.82, 2.24) is 4.98 Å². The molecule has 2 rings (SSSR count). The quantitative estimate of drug-likeness (QED) is 0.918. The Balaban J connectivity index is 2.30. The number of nitrogens with zero attached hydrogens (tertiary/aromatic N) is 1. The second kappa shape index (κ2) is 6.59. The van der Waals surface area contributed by atoms with Crippen molar-refractivity contribution in [3.8, 4) is 11.5 Å². The molecule has 21 heavy (non-hydrogen) atoms. The molecule has 0 spiro atoms. The zero-order valence-corrected chi connectivity index (χ0v) is 12.9. The van der Waals surface area contributed by atoms with Crippen LogP contribution in [0.2, 0.25) is 0 Å². The van der Waals surface area contributed by atoms with Crippen molar-refractivity contribution in [2.45, 2.75) is 26.4 Å². The Kier molecular flexibility index (Phi) is 4.81. The molecule has 0 aliphatic rings. The van der Waals surface area contributed by atoms with Gasteiger partial charge in [-0.1, -0.05) is 18.2 Å². The number of hydrogen-bond acceptors (Lipinski definition) is 4. The maximum atomic E-state index is 10.5. The number of aliphatic hydroxyl groups excluding tert-OH is 1. The number of methoxy groups -OCH3 is 2. The first kappa shape index (κ1) is 15.3. The van der Waals surface area contributed by atoms with Crippen molar-refractivity contribution in [2.24, 2.45) is 0 Å². The largest absolute Gasteiger partial charge is 0.496 e. The first-order valence-electron chi connectivity index (χ1n) is 6.88. The minimum absolute atomic E-state index is 0.419. The van der Waals surface area contributed by atoms with E-state index in [4.69, 9.17) is 9.47 Å². The number of aryl methyl sites for hydroxylation is 1. The van der Waals surface area contributed by atoms with Gasteiger partial charge in [0.2, 0.25) is 0 Å². The summed E-state index contributed by atoms with van der Waals surface area (Å²) in [5.41, 5.74) is 3.55. The summed E-state index contributed by atoms with van der Waals surface area (Å²) in [7, 11) is 3.25. The van der Waals surface area contributed by atoms with Crippen LogP contribution in [0.1, 0.15) is 28.5 Å². The highest BCUT2D eigenvalue weighted by Crippen LogP contribution is 2.30. The van der Waals surface area contributed by atoms with E-state index in [1.54, 1.807) is 20.4 Å². The third-order valence-electron chi connectivity index (χ3n) is 3.63. The van der Waals surface area contributed by atoms with Gasteiger partial charge in [-0.2, -0.15) is 0 Å². The van der Waals surface area contributed by atoms with E-state index in [2.05, 4.69) is 4.98 Å². The number of para-hydroxylation sites is 1. The summed E-state index contributed by atoms with van der Waals surface area (Å²) in [6, 6.07) is 7.48. The lowest BCUT2D eigenvalue weighted by molar-refractivity contribution is 0.172. The van der Waals surface area contributed by atoms with Gasteiger partial charge in [0.05, 0.1) is 20.3 Å². The average molecular weight is 287 g/mol. The highest BCUT2D eigenvalue weighted by molar-refractivity contribution is 5.42. The first-order chi connectivity index (χ1) is 10.1. The van der Waals surface area contributed by atoms with Gasteiger partial charge in [0, 0.05) is 35.0 Å². The summed E-state index contributed by atoms with van der Waals surface area (Å²) >= 11 is 0. The summed E-state index contributed by atoms with van der Waals surface area (Å²) < 4.78 is 10.7. The van der Waals surface area contributed by atoms with Gasteiger partial charge in [0.15, 0.2) is 0 Å². The molecule has 4 nitrogen and oxygen atoms in total. The van der Waals surface area contributed by atoms with E-state index < -0.39 is 6.10 Å². The topological polar surface area (TPSA) is 51.6 Å². The molecule has 0 bridgehead atoms. The van der Waals surface area contributed by atoms with E-state index >= 15 is 0 Å². The van der Waals surface area contributed by atoms with Gasteiger partial charge in [-0.25, -0.2) is 0 Å². The van der Waals surface area contributed by atoms with Crippen LogP contribution in [0.25, 0.3) is 0 Å². The fourth-order valence-corrected chi connectivity index (χ4v) is 2.51. The van der Waals surface area contributed by atoms with Gasteiger partial charge < -0.3 is 14.6 Å². The Labute approximate surface area is 125 Å². The zero-order chi connectivity index (χ0) is 15.4. The van der Waals surface area contributed by atoms with Crippen molar-refractivity contribution in [3.63, 3.8) is 0 Å². The summed E-state index contributed by atoms with van der Waals surface area (Å²) in [4.78, 5) is 4.43. The standard InChI is InChI=1S/C17H21NO3/c1-11-10-18-14(12(2)17(11)21-4)9-15(19)13-7-5-6-8-16(13)20-3/h5-8,10,15,19H,9H2,1-4H3. The number of pyridine rings is 1. The smallest absolute Gasteiger partial charge is 0.128 e. The van der Waals surface area contributed by atoms with Gasteiger partial charge in [-0.05, 0) is 19.9 Å². The molecule has 0 radical (unpaired) electrons. The molecule has 1 atom stereocenters. The van der Waals surface area contributed by atoms with Gasteiger partial charge in [-0.3, -0.25) is 4.98 Å². The Morgan fingerprint density at radius 2 is 1.86 bits per heavy atom. The zero-order valence-electron chi connectivity index (χ0n) is 12.9. The van der Waals surface area contributed by atoms with E-state index in [9.17, 15) is 5.11 Å². The van der Waals surface area contributed by atoms with Crippen LogP contribution in [0.5, 0.6) is 11.5 Å². The maximum absolute atomic E-state index is 10.5. The van der Waals surface area contributed by atoms with E-state index in [-0.39, 0.29) is 0 Å². The highest BCUT2D eigenvalue weighted by Gasteiger charge is 2.17. The van der Waals surface area contributed by atoms with Gasteiger partial charge in [-0.15, -0.1) is 0 Å². The summed E-state index contributed by atoms with van der Waals surface area (Å²) in [5.74, 6) is 1.51. The Morgan fingerprint density at radius 3 is 2.52 bits per heavy atom. The average Bonchev–Trinajstić information content (AvgIpc) is 2.50. The number of ether oxygens (including phenoxy) is 2. The molecule has 112 valence electrons.